The standard InChI is InChI=1S/C22H28O4S/c1-3-26-22(23)17-25-15-6-4-5-9-19-11-13-20(14-12-19)27(24)21-10-7-8-18(2)16-21/h7-8,10-14,16H,3-6,9,15,17H2,1-2H3. The van der Waals surface area contributed by atoms with Crippen molar-refractivity contribution in [2.75, 3.05) is 19.8 Å². The molecule has 5 heteroatoms. The molecule has 0 aliphatic rings. The molecule has 0 N–H and O–H groups in total. The Morgan fingerprint density at radius 3 is 2.48 bits per heavy atom. The van der Waals surface area contributed by atoms with Crippen LogP contribution in [-0.4, -0.2) is 30.0 Å². The van der Waals surface area contributed by atoms with E-state index in [0.717, 1.165) is 41.0 Å². The van der Waals surface area contributed by atoms with E-state index in [0.29, 0.717) is 13.2 Å². The summed E-state index contributed by atoms with van der Waals surface area (Å²) >= 11 is 0. The zero-order valence-electron chi connectivity index (χ0n) is 16.1. The van der Waals surface area contributed by atoms with E-state index >= 15 is 0 Å². The average molecular weight is 389 g/mol. The van der Waals surface area contributed by atoms with Crippen LogP contribution in [0.5, 0.6) is 0 Å². The summed E-state index contributed by atoms with van der Waals surface area (Å²) in [5.74, 6) is -0.305. The van der Waals surface area contributed by atoms with E-state index < -0.39 is 10.8 Å². The molecule has 0 amide bonds. The quantitative estimate of drug-likeness (QED) is 0.421. The van der Waals surface area contributed by atoms with Crippen LogP contribution in [0.4, 0.5) is 0 Å². The minimum atomic E-state index is -1.14. The number of aryl methyl sites for hydroxylation is 2. The van der Waals surface area contributed by atoms with Crippen LogP contribution in [0.3, 0.4) is 0 Å². The van der Waals surface area contributed by atoms with Crippen LogP contribution >= 0.6 is 0 Å². The predicted molar refractivity (Wildman–Crippen MR) is 107 cm³/mol. The number of rotatable bonds is 11. The molecule has 2 rings (SSSR count). The van der Waals surface area contributed by atoms with Crippen molar-refractivity contribution in [2.45, 2.75) is 49.3 Å². The van der Waals surface area contributed by atoms with Gasteiger partial charge in [-0.15, -0.1) is 0 Å². The molecule has 1 unspecified atom stereocenters. The number of hydrogen-bond acceptors (Lipinski definition) is 4. The van der Waals surface area contributed by atoms with Crippen molar-refractivity contribution in [3.8, 4) is 0 Å². The summed E-state index contributed by atoms with van der Waals surface area (Å²) in [6.07, 6.45) is 4.01. The Hall–Kier alpha value is -1.98. The fraction of sp³-hybridized carbons (Fsp3) is 0.409. The SMILES string of the molecule is CCOC(=O)COCCCCCc1ccc(S(=O)c2cccc(C)c2)cc1. The van der Waals surface area contributed by atoms with Gasteiger partial charge in [-0.25, -0.2) is 9.00 Å². The normalized spacial score (nSPS) is 11.9. The van der Waals surface area contributed by atoms with E-state index in [1.807, 2.05) is 43.3 Å². The highest BCUT2D eigenvalue weighted by Gasteiger charge is 2.07. The maximum absolute atomic E-state index is 12.6. The van der Waals surface area contributed by atoms with Gasteiger partial charge in [0.05, 0.1) is 17.4 Å². The molecular formula is C22H28O4S. The zero-order valence-corrected chi connectivity index (χ0v) is 16.9. The van der Waals surface area contributed by atoms with Crippen molar-refractivity contribution < 1.29 is 18.5 Å². The fourth-order valence-corrected chi connectivity index (χ4v) is 3.87. The van der Waals surface area contributed by atoms with Crippen LogP contribution in [0.1, 0.15) is 37.3 Å². The van der Waals surface area contributed by atoms with Crippen LogP contribution in [0.25, 0.3) is 0 Å². The van der Waals surface area contributed by atoms with E-state index in [4.69, 9.17) is 9.47 Å². The number of unbranched alkanes of at least 4 members (excludes halogenated alkanes) is 2. The molecule has 0 spiro atoms. The molecule has 1 atom stereocenters. The molecule has 0 aromatic heterocycles. The van der Waals surface area contributed by atoms with Crippen molar-refractivity contribution >= 4 is 16.8 Å². The van der Waals surface area contributed by atoms with Crippen LogP contribution in [0, 0.1) is 6.92 Å². The minimum absolute atomic E-state index is 0.0351. The molecular weight excluding hydrogens is 360 g/mol. The highest BCUT2D eigenvalue weighted by molar-refractivity contribution is 7.85. The van der Waals surface area contributed by atoms with E-state index in [1.165, 1.54) is 5.56 Å². The van der Waals surface area contributed by atoms with Gasteiger partial charge in [-0.3, -0.25) is 0 Å². The second kappa shape index (κ2) is 11.7. The Kier molecular flexibility index (Phi) is 9.22. The lowest BCUT2D eigenvalue weighted by Crippen LogP contribution is -2.12. The first kappa shape index (κ1) is 21.3. The Bertz CT molecular complexity index is 740. The van der Waals surface area contributed by atoms with Gasteiger partial charge in [0.2, 0.25) is 0 Å². The molecule has 0 radical (unpaired) electrons. The monoisotopic (exact) mass is 388 g/mol. The van der Waals surface area contributed by atoms with Crippen LogP contribution in [0.15, 0.2) is 58.3 Å². The van der Waals surface area contributed by atoms with Crippen molar-refractivity contribution in [2.24, 2.45) is 0 Å². The van der Waals surface area contributed by atoms with Crippen LogP contribution in [-0.2, 0) is 31.5 Å². The second-order valence-electron chi connectivity index (χ2n) is 6.40. The predicted octanol–water partition coefficient (Wildman–Crippen LogP) is 4.45. The Morgan fingerprint density at radius 1 is 1.00 bits per heavy atom. The molecule has 0 aliphatic heterocycles. The highest BCUT2D eigenvalue weighted by atomic mass is 32.2. The lowest BCUT2D eigenvalue weighted by Gasteiger charge is -2.06. The molecule has 27 heavy (non-hydrogen) atoms. The van der Waals surface area contributed by atoms with Crippen molar-refractivity contribution in [3.05, 3.63) is 59.7 Å². The lowest BCUT2D eigenvalue weighted by atomic mass is 10.1. The van der Waals surface area contributed by atoms with Crippen molar-refractivity contribution in [3.63, 3.8) is 0 Å². The topological polar surface area (TPSA) is 52.6 Å². The van der Waals surface area contributed by atoms with Gasteiger partial charge < -0.3 is 9.47 Å². The number of esters is 1. The zero-order chi connectivity index (χ0) is 19.5. The number of carbonyl (C=O) groups is 1. The molecule has 0 saturated carbocycles. The maximum Gasteiger partial charge on any atom is 0.332 e. The molecule has 2 aromatic rings. The first-order valence-electron chi connectivity index (χ1n) is 9.41. The van der Waals surface area contributed by atoms with Gasteiger partial charge in [0.15, 0.2) is 0 Å². The summed E-state index contributed by atoms with van der Waals surface area (Å²) in [6, 6.07) is 15.8. The molecule has 0 bridgehead atoms. The summed E-state index contributed by atoms with van der Waals surface area (Å²) in [4.78, 5) is 12.8. The number of hydrogen-bond donors (Lipinski definition) is 0. The van der Waals surface area contributed by atoms with Crippen LogP contribution in [0.2, 0.25) is 0 Å². The summed E-state index contributed by atoms with van der Waals surface area (Å²) < 4.78 is 22.7. The Morgan fingerprint density at radius 2 is 1.78 bits per heavy atom. The minimum Gasteiger partial charge on any atom is -0.464 e. The third-order valence-electron chi connectivity index (χ3n) is 4.12. The number of ether oxygens (including phenoxy) is 2. The molecule has 146 valence electrons. The molecule has 2 aromatic carbocycles. The van der Waals surface area contributed by atoms with Crippen LogP contribution < -0.4 is 0 Å². The van der Waals surface area contributed by atoms with E-state index in [-0.39, 0.29) is 12.6 Å². The maximum atomic E-state index is 12.6. The van der Waals surface area contributed by atoms with E-state index in [1.54, 1.807) is 6.92 Å². The smallest absolute Gasteiger partial charge is 0.332 e. The first-order chi connectivity index (χ1) is 13.1. The fourth-order valence-electron chi connectivity index (χ4n) is 2.71. The van der Waals surface area contributed by atoms with Gasteiger partial charge in [-0.2, -0.15) is 0 Å². The summed E-state index contributed by atoms with van der Waals surface area (Å²) in [6.45, 7) is 4.79. The van der Waals surface area contributed by atoms with Gasteiger partial charge in [-0.05, 0) is 68.5 Å². The third kappa shape index (κ3) is 7.65. The van der Waals surface area contributed by atoms with Gasteiger partial charge >= 0.3 is 5.97 Å². The third-order valence-corrected chi connectivity index (χ3v) is 5.50. The van der Waals surface area contributed by atoms with Gasteiger partial charge in [-0.1, -0.05) is 30.7 Å². The second-order valence-corrected chi connectivity index (χ2v) is 7.88. The van der Waals surface area contributed by atoms with Crippen molar-refractivity contribution in [1.82, 2.24) is 0 Å². The van der Waals surface area contributed by atoms with Gasteiger partial charge in [0.25, 0.3) is 0 Å². The highest BCUT2D eigenvalue weighted by Crippen LogP contribution is 2.18. The molecule has 0 heterocycles. The Labute approximate surface area is 164 Å². The molecule has 0 aliphatic carbocycles. The summed E-state index contributed by atoms with van der Waals surface area (Å²) in [5.41, 5.74) is 2.36. The lowest BCUT2D eigenvalue weighted by molar-refractivity contribution is -0.148. The number of benzene rings is 2. The van der Waals surface area contributed by atoms with Crippen molar-refractivity contribution in [1.29, 1.82) is 0 Å². The first-order valence-corrected chi connectivity index (χ1v) is 10.6. The molecule has 0 saturated heterocycles. The summed E-state index contributed by atoms with van der Waals surface area (Å²) in [5, 5.41) is 0. The largest absolute Gasteiger partial charge is 0.464 e. The number of carbonyl (C=O) groups excluding carboxylic acids is 1. The van der Waals surface area contributed by atoms with E-state index in [9.17, 15) is 9.00 Å². The summed E-state index contributed by atoms with van der Waals surface area (Å²) in [7, 11) is -1.14. The average Bonchev–Trinajstić information content (AvgIpc) is 2.67. The van der Waals surface area contributed by atoms with E-state index in [2.05, 4.69) is 12.1 Å². The molecule has 4 nitrogen and oxygen atoms in total. The molecule has 0 fully saturated rings. The Balaban J connectivity index is 1.68. The van der Waals surface area contributed by atoms with Gasteiger partial charge in [0.1, 0.15) is 6.61 Å². The van der Waals surface area contributed by atoms with Gasteiger partial charge in [0, 0.05) is 16.4 Å².